The zero-order chi connectivity index (χ0) is 13.7. The van der Waals surface area contributed by atoms with Crippen molar-refractivity contribution in [1.29, 1.82) is 0 Å². The Morgan fingerprint density at radius 1 is 1.05 bits per heavy atom. The summed E-state index contributed by atoms with van der Waals surface area (Å²) in [5, 5.41) is 0.354. The van der Waals surface area contributed by atoms with Gasteiger partial charge in [0.25, 0.3) is 0 Å². The van der Waals surface area contributed by atoms with E-state index in [1.165, 1.54) is 43.2 Å². The van der Waals surface area contributed by atoms with Gasteiger partial charge in [0.1, 0.15) is 0 Å². The standard InChI is InChI=1S/C19H25Cl/c1-12-3-2-4-13(5-12)11-18(20)19-16-7-14-6-15(9-16)10-17(19)8-14/h2-5,14-19H,6-11H2,1H3. The van der Waals surface area contributed by atoms with Gasteiger partial charge in [-0.15, -0.1) is 11.6 Å². The Labute approximate surface area is 127 Å². The maximum atomic E-state index is 6.91. The number of aryl methyl sites for hydroxylation is 1. The molecule has 0 aliphatic heterocycles. The fraction of sp³-hybridized carbons (Fsp3) is 0.684. The minimum absolute atomic E-state index is 0.354. The van der Waals surface area contributed by atoms with Crippen molar-refractivity contribution in [1.82, 2.24) is 0 Å². The Bertz CT molecular complexity index is 464. The van der Waals surface area contributed by atoms with Gasteiger partial charge in [-0.25, -0.2) is 0 Å². The number of benzene rings is 1. The summed E-state index contributed by atoms with van der Waals surface area (Å²) in [6.45, 7) is 2.18. The van der Waals surface area contributed by atoms with Crippen molar-refractivity contribution in [2.75, 3.05) is 0 Å². The van der Waals surface area contributed by atoms with Crippen molar-refractivity contribution in [3.8, 4) is 0 Å². The van der Waals surface area contributed by atoms with Gasteiger partial charge in [0.2, 0.25) is 0 Å². The number of halogens is 1. The fourth-order valence-electron chi connectivity index (χ4n) is 5.76. The van der Waals surface area contributed by atoms with Gasteiger partial charge in [0.05, 0.1) is 0 Å². The van der Waals surface area contributed by atoms with Crippen molar-refractivity contribution in [3.63, 3.8) is 0 Å². The lowest BCUT2D eigenvalue weighted by Crippen LogP contribution is -2.48. The van der Waals surface area contributed by atoms with E-state index >= 15 is 0 Å². The number of rotatable bonds is 3. The molecule has 4 saturated carbocycles. The normalized spacial score (nSPS) is 40.0. The van der Waals surface area contributed by atoms with E-state index in [9.17, 15) is 0 Å². The predicted molar refractivity (Wildman–Crippen MR) is 85.1 cm³/mol. The monoisotopic (exact) mass is 288 g/mol. The Morgan fingerprint density at radius 2 is 1.70 bits per heavy atom. The molecule has 0 saturated heterocycles. The molecular weight excluding hydrogens is 264 g/mol. The Morgan fingerprint density at radius 3 is 2.30 bits per heavy atom. The lowest BCUT2D eigenvalue weighted by molar-refractivity contribution is -0.0376. The molecule has 0 nitrogen and oxygen atoms in total. The zero-order valence-electron chi connectivity index (χ0n) is 12.4. The fourth-order valence-corrected chi connectivity index (χ4v) is 6.35. The summed E-state index contributed by atoms with van der Waals surface area (Å²) in [7, 11) is 0. The number of hydrogen-bond donors (Lipinski definition) is 0. The van der Waals surface area contributed by atoms with Crippen molar-refractivity contribution < 1.29 is 0 Å². The minimum Gasteiger partial charge on any atom is -0.122 e. The molecule has 4 fully saturated rings. The van der Waals surface area contributed by atoms with Crippen LogP contribution in [-0.2, 0) is 6.42 Å². The Hall–Kier alpha value is -0.490. The van der Waals surface area contributed by atoms with Crippen LogP contribution in [0.1, 0.15) is 43.2 Å². The van der Waals surface area contributed by atoms with E-state index in [4.69, 9.17) is 11.6 Å². The molecule has 0 spiro atoms. The molecule has 4 aliphatic carbocycles. The first-order valence-corrected chi connectivity index (χ1v) is 8.82. The molecule has 5 rings (SSSR count). The molecule has 4 bridgehead atoms. The highest BCUT2D eigenvalue weighted by molar-refractivity contribution is 6.21. The largest absolute Gasteiger partial charge is 0.122 e. The van der Waals surface area contributed by atoms with Gasteiger partial charge in [-0.05, 0) is 80.6 Å². The zero-order valence-corrected chi connectivity index (χ0v) is 13.2. The summed E-state index contributed by atoms with van der Waals surface area (Å²) in [4.78, 5) is 0. The van der Waals surface area contributed by atoms with Gasteiger partial charge in [-0.3, -0.25) is 0 Å². The van der Waals surface area contributed by atoms with Gasteiger partial charge in [0.15, 0.2) is 0 Å². The van der Waals surface area contributed by atoms with Crippen LogP contribution in [0.5, 0.6) is 0 Å². The lowest BCUT2D eigenvalue weighted by atomic mass is 9.51. The van der Waals surface area contributed by atoms with E-state index in [-0.39, 0.29) is 0 Å². The highest BCUT2D eigenvalue weighted by Crippen LogP contribution is 2.58. The third kappa shape index (κ3) is 2.30. The first-order valence-electron chi connectivity index (χ1n) is 8.38. The van der Waals surface area contributed by atoms with Crippen LogP contribution in [-0.4, -0.2) is 5.38 Å². The van der Waals surface area contributed by atoms with Crippen LogP contribution in [0.3, 0.4) is 0 Å². The first kappa shape index (κ1) is 13.2. The van der Waals surface area contributed by atoms with Crippen molar-refractivity contribution >= 4 is 11.6 Å². The second kappa shape index (κ2) is 5.05. The molecule has 0 amide bonds. The molecule has 1 unspecified atom stereocenters. The highest BCUT2D eigenvalue weighted by atomic mass is 35.5. The third-order valence-corrected chi connectivity index (χ3v) is 6.68. The molecule has 0 N–H and O–H groups in total. The van der Waals surface area contributed by atoms with Gasteiger partial charge < -0.3 is 0 Å². The van der Waals surface area contributed by atoms with E-state index in [1.807, 2.05) is 0 Å². The van der Waals surface area contributed by atoms with Gasteiger partial charge in [-0.2, -0.15) is 0 Å². The van der Waals surface area contributed by atoms with Crippen molar-refractivity contribution in [2.45, 2.75) is 50.8 Å². The van der Waals surface area contributed by atoms with Crippen molar-refractivity contribution in [3.05, 3.63) is 35.4 Å². The summed E-state index contributed by atoms with van der Waals surface area (Å²) in [5.74, 6) is 4.79. The SMILES string of the molecule is Cc1cccc(CC(Cl)C2C3CC4CC(C3)CC2C4)c1. The van der Waals surface area contributed by atoms with E-state index in [0.29, 0.717) is 5.38 Å². The molecule has 0 aromatic heterocycles. The highest BCUT2D eigenvalue weighted by Gasteiger charge is 2.50. The molecule has 1 atom stereocenters. The molecule has 1 aromatic carbocycles. The van der Waals surface area contributed by atoms with Gasteiger partial charge in [0, 0.05) is 5.38 Å². The summed E-state index contributed by atoms with van der Waals surface area (Å²) in [5.41, 5.74) is 2.79. The molecule has 4 aliphatic rings. The third-order valence-electron chi connectivity index (χ3n) is 6.23. The Kier molecular flexibility index (Phi) is 3.33. The van der Waals surface area contributed by atoms with E-state index in [1.54, 1.807) is 0 Å². The molecule has 0 heterocycles. The average molecular weight is 289 g/mol. The van der Waals surface area contributed by atoms with E-state index in [2.05, 4.69) is 31.2 Å². The average Bonchev–Trinajstić information content (AvgIpc) is 2.37. The predicted octanol–water partition coefficient (Wildman–Crippen LogP) is 5.22. The van der Waals surface area contributed by atoms with Crippen LogP contribution < -0.4 is 0 Å². The number of hydrogen-bond acceptors (Lipinski definition) is 0. The van der Waals surface area contributed by atoms with E-state index < -0.39 is 0 Å². The molecule has 1 aromatic rings. The smallest absolute Gasteiger partial charge is 0.0409 e. The van der Waals surface area contributed by atoms with Crippen molar-refractivity contribution in [2.24, 2.45) is 29.6 Å². The number of alkyl halides is 1. The maximum Gasteiger partial charge on any atom is 0.0409 e. The summed E-state index contributed by atoms with van der Waals surface area (Å²) in [6, 6.07) is 8.91. The summed E-state index contributed by atoms with van der Waals surface area (Å²) in [6.07, 6.45) is 8.52. The molecular formula is C19H25Cl. The van der Waals surface area contributed by atoms with Crippen LogP contribution in [0, 0.1) is 36.5 Å². The van der Waals surface area contributed by atoms with Crippen LogP contribution in [0.4, 0.5) is 0 Å². The lowest BCUT2D eigenvalue weighted by Gasteiger charge is -2.55. The summed E-state index contributed by atoms with van der Waals surface area (Å²) < 4.78 is 0. The van der Waals surface area contributed by atoms with Crippen LogP contribution >= 0.6 is 11.6 Å². The molecule has 0 radical (unpaired) electrons. The maximum absolute atomic E-state index is 6.91. The molecule has 1 heteroatoms. The summed E-state index contributed by atoms with van der Waals surface area (Å²) >= 11 is 6.91. The van der Waals surface area contributed by atoms with Crippen LogP contribution in [0.15, 0.2) is 24.3 Å². The second-order valence-electron chi connectivity index (χ2n) is 7.72. The first-order chi connectivity index (χ1) is 9.69. The topological polar surface area (TPSA) is 0 Å². The van der Waals surface area contributed by atoms with Gasteiger partial charge in [-0.1, -0.05) is 29.8 Å². The molecule has 20 heavy (non-hydrogen) atoms. The van der Waals surface area contributed by atoms with Crippen LogP contribution in [0.25, 0.3) is 0 Å². The van der Waals surface area contributed by atoms with Gasteiger partial charge >= 0.3 is 0 Å². The second-order valence-corrected chi connectivity index (χ2v) is 8.28. The van der Waals surface area contributed by atoms with E-state index in [0.717, 1.165) is 36.0 Å². The minimum atomic E-state index is 0.354. The molecule has 108 valence electrons. The van der Waals surface area contributed by atoms with Crippen LogP contribution in [0.2, 0.25) is 0 Å². The Balaban J connectivity index is 1.50. The quantitative estimate of drug-likeness (QED) is 0.669.